The number of carbonyl (C=O) groups is 2. The smallest absolute Gasteiger partial charge is 0.442 e. The van der Waals surface area contributed by atoms with E-state index in [0.717, 1.165) is 40.9 Å². The minimum atomic E-state index is -4.76. The second-order valence-electron chi connectivity index (χ2n) is 8.29. The number of alkyl halides is 3. The molecule has 35 heavy (non-hydrogen) atoms. The first-order chi connectivity index (χ1) is 16.7. The zero-order chi connectivity index (χ0) is 24.7. The monoisotopic (exact) mass is 507 g/mol. The molecule has 1 aliphatic heterocycles. The van der Waals surface area contributed by atoms with Crippen molar-refractivity contribution < 1.29 is 36.8 Å². The van der Waals surface area contributed by atoms with Gasteiger partial charge in [-0.15, -0.1) is 24.5 Å². The number of nitrogens with zero attached hydrogens (tertiary/aromatic N) is 2. The van der Waals surface area contributed by atoms with Gasteiger partial charge in [-0.25, -0.2) is 4.79 Å². The van der Waals surface area contributed by atoms with Crippen molar-refractivity contribution >= 4 is 29.0 Å². The normalized spacial score (nSPS) is 17.4. The molecule has 12 heteroatoms. The number of anilines is 1. The maximum atomic E-state index is 12.5. The molecule has 1 unspecified atom stereocenters. The predicted molar refractivity (Wildman–Crippen MR) is 120 cm³/mol. The summed E-state index contributed by atoms with van der Waals surface area (Å²) in [6, 6.07) is 6.86. The molecule has 8 nitrogen and oxygen atoms in total. The van der Waals surface area contributed by atoms with Gasteiger partial charge in [-0.2, -0.15) is 0 Å². The van der Waals surface area contributed by atoms with E-state index in [4.69, 9.17) is 9.26 Å². The van der Waals surface area contributed by atoms with Crippen LogP contribution in [0.25, 0.3) is 22.6 Å². The Labute approximate surface area is 201 Å². The summed E-state index contributed by atoms with van der Waals surface area (Å²) in [5, 5.41) is 8.10. The van der Waals surface area contributed by atoms with Gasteiger partial charge in [-0.3, -0.25) is 9.69 Å². The number of thiophene rings is 1. The Morgan fingerprint density at radius 3 is 2.91 bits per heavy atom. The number of rotatable bonds is 5. The fourth-order valence-corrected chi connectivity index (χ4v) is 5.08. The number of hydrogen-bond donors (Lipinski definition) is 1. The summed E-state index contributed by atoms with van der Waals surface area (Å²) >= 11 is 0.841. The summed E-state index contributed by atoms with van der Waals surface area (Å²) in [4.78, 5) is 25.1. The van der Waals surface area contributed by atoms with E-state index in [9.17, 15) is 22.8 Å². The number of fused-ring (bicyclic) bond motifs is 3. The van der Waals surface area contributed by atoms with Crippen LogP contribution in [-0.4, -0.2) is 42.7 Å². The number of aryl methyl sites for hydroxylation is 1. The molecule has 0 bridgehead atoms. The van der Waals surface area contributed by atoms with Gasteiger partial charge in [-0.1, -0.05) is 5.16 Å². The number of benzene rings is 1. The molecule has 1 saturated heterocycles. The van der Waals surface area contributed by atoms with Crippen molar-refractivity contribution in [3.8, 4) is 27.6 Å². The molecule has 3 heterocycles. The minimum absolute atomic E-state index is 0.196. The molecular formula is C23H20F3N3O5S. The summed E-state index contributed by atoms with van der Waals surface area (Å²) in [5.74, 6) is 0.370. The summed E-state index contributed by atoms with van der Waals surface area (Å²) in [7, 11) is 0. The van der Waals surface area contributed by atoms with Gasteiger partial charge in [0.25, 0.3) is 0 Å². The van der Waals surface area contributed by atoms with Gasteiger partial charge in [0.2, 0.25) is 5.91 Å². The van der Waals surface area contributed by atoms with Crippen molar-refractivity contribution in [2.45, 2.75) is 38.7 Å². The van der Waals surface area contributed by atoms with Crippen molar-refractivity contribution in [2.24, 2.45) is 0 Å². The van der Waals surface area contributed by atoms with E-state index in [1.54, 1.807) is 11.4 Å². The third kappa shape index (κ3) is 4.83. The molecule has 1 atom stereocenters. The Kier molecular flexibility index (Phi) is 5.91. The van der Waals surface area contributed by atoms with E-state index < -0.39 is 18.6 Å². The Morgan fingerprint density at radius 2 is 2.14 bits per heavy atom. The third-order valence-corrected chi connectivity index (χ3v) is 6.63. The van der Waals surface area contributed by atoms with E-state index in [2.05, 4.69) is 15.2 Å². The van der Waals surface area contributed by atoms with Crippen LogP contribution in [0.1, 0.15) is 24.5 Å². The average Bonchev–Trinajstić information content (AvgIpc) is 3.47. The minimum Gasteiger partial charge on any atom is -0.442 e. The lowest BCUT2D eigenvalue weighted by molar-refractivity contribution is -0.273. The van der Waals surface area contributed by atoms with Crippen LogP contribution in [-0.2, 0) is 22.4 Å². The summed E-state index contributed by atoms with van der Waals surface area (Å²) in [6.45, 7) is 1.96. The maximum Gasteiger partial charge on any atom is 0.573 e. The maximum absolute atomic E-state index is 12.5. The fourth-order valence-electron chi connectivity index (χ4n) is 4.32. The molecule has 1 fully saturated rings. The molecule has 184 valence electrons. The molecule has 3 aromatic rings. The van der Waals surface area contributed by atoms with Crippen LogP contribution in [0.4, 0.5) is 23.7 Å². The lowest BCUT2D eigenvalue weighted by Gasteiger charge is -2.15. The molecule has 5 rings (SSSR count). The van der Waals surface area contributed by atoms with Gasteiger partial charge in [0.1, 0.15) is 11.8 Å². The van der Waals surface area contributed by atoms with Crippen LogP contribution in [0, 0.1) is 0 Å². The molecule has 0 spiro atoms. The van der Waals surface area contributed by atoms with E-state index in [-0.39, 0.29) is 17.5 Å². The quantitative estimate of drug-likeness (QED) is 0.527. The zero-order valence-electron chi connectivity index (χ0n) is 18.5. The Morgan fingerprint density at radius 1 is 1.31 bits per heavy atom. The lowest BCUT2D eigenvalue weighted by Crippen LogP contribution is -2.33. The van der Waals surface area contributed by atoms with Crippen molar-refractivity contribution in [1.29, 1.82) is 0 Å². The highest BCUT2D eigenvalue weighted by Gasteiger charge is 2.34. The lowest BCUT2D eigenvalue weighted by atomic mass is 10.0. The molecule has 1 aromatic carbocycles. The van der Waals surface area contributed by atoms with Crippen LogP contribution in [0.3, 0.4) is 0 Å². The topological polar surface area (TPSA) is 93.9 Å². The Balaban J connectivity index is 1.40. The average molecular weight is 507 g/mol. The molecular weight excluding hydrogens is 487 g/mol. The molecule has 2 aliphatic rings. The molecule has 0 radical (unpaired) electrons. The van der Waals surface area contributed by atoms with Gasteiger partial charge in [0.15, 0.2) is 10.8 Å². The van der Waals surface area contributed by atoms with Gasteiger partial charge in [0.05, 0.1) is 13.1 Å². The first kappa shape index (κ1) is 23.2. The van der Waals surface area contributed by atoms with Gasteiger partial charge in [0, 0.05) is 40.7 Å². The van der Waals surface area contributed by atoms with Crippen molar-refractivity contribution in [1.82, 2.24) is 10.5 Å². The highest BCUT2D eigenvalue weighted by atomic mass is 32.1. The molecule has 0 saturated carbocycles. The summed E-state index contributed by atoms with van der Waals surface area (Å²) in [5.41, 5.74) is 4.29. The first-order valence-corrected chi connectivity index (χ1v) is 11.7. The summed E-state index contributed by atoms with van der Waals surface area (Å²) in [6.07, 6.45) is -3.56. The van der Waals surface area contributed by atoms with Gasteiger partial charge in [-0.05, 0) is 43.0 Å². The SMILES string of the molecule is CC(=O)NCC1CN(c2ccc3c(c2)CCCc2c(-c4csc(OC(F)(F)F)c4)noc2-3)C(=O)O1. The van der Waals surface area contributed by atoms with Crippen molar-refractivity contribution in [3.63, 3.8) is 0 Å². The predicted octanol–water partition coefficient (Wildman–Crippen LogP) is 4.92. The molecule has 2 aromatic heterocycles. The van der Waals surface area contributed by atoms with E-state index >= 15 is 0 Å². The Hall–Kier alpha value is -3.54. The second-order valence-corrected chi connectivity index (χ2v) is 9.16. The van der Waals surface area contributed by atoms with E-state index in [1.807, 2.05) is 12.1 Å². The molecule has 2 amide bonds. The van der Waals surface area contributed by atoms with Crippen LogP contribution < -0.4 is 15.0 Å². The van der Waals surface area contributed by atoms with Crippen LogP contribution in [0.15, 0.2) is 34.2 Å². The first-order valence-electron chi connectivity index (χ1n) is 10.9. The van der Waals surface area contributed by atoms with Crippen LogP contribution >= 0.6 is 11.3 Å². The second kappa shape index (κ2) is 8.91. The summed E-state index contributed by atoms with van der Waals surface area (Å²) < 4.78 is 52.7. The van der Waals surface area contributed by atoms with E-state index in [0.29, 0.717) is 35.7 Å². The number of hydrogen-bond acceptors (Lipinski definition) is 7. The van der Waals surface area contributed by atoms with Gasteiger partial charge < -0.3 is 19.3 Å². The number of amides is 2. The van der Waals surface area contributed by atoms with E-state index in [1.165, 1.54) is 17.9 Å². The number of carbonyl (C=O) groups excluding carboxylic acids is 2. The number of halogens is 3. The van der Waals surface area contributed by atoms with Crippen molar-refractivity contribution in [3.05, 3.63) is 40.8 Å². The van der Waals surface area contributed by atoms with Gasteiger partial charge >= 0.3 is 12.5 Å². The standard InChI is InChI=1S/C23H20F3N3O5S/c1-12(30)27-9-16-10-29(22(31)32-16)15-5-6-17-13(7-15)3-2-4-18-20(28-34-21(17)18)14-8-19(35-11-14)33-23(24,25)26/h5-8,11,16H,2-4,9-10H2,1H3,(H,27,30). The fraction of sp³-hybridized carbons (Fsp3) is 0.348. The zero-order valence-corrected chi connectivity index (χ0v) is 19.3. The highest BCUT2D eigenvalue weighted by molar-refractivity contribution is 7.12. The molecule has 1 N–H and O–H groups in total. The largest absolute Gasteiger partial charge is 0.573 e. The number of nitrogens with one attached hydrogen (secondary N) is 1. The number of aromatic nitrogens is 1. The number of ether oxygens (including phenoxy) is 2. The van der Waals surface area contributed by atoms with Crippen molar-refractivity contribution in [2.75, 3.05) is 18.0 Å². The highest BCUT2D eigenvalue weighted by Crippen LogP contribution is 2.42. The Bertz CT molecular complexity index is 1290. The van der Waals surface area contributed by atoms with Crippen LogP contribution in [0.5, 0.6) is 5.06 Å². The number of cyclic esters (lactones) is 1. The third-order valence-electron chi connectivity index (χ3n) is 5.82. The van der Waals surface area contributed by atoms with Crippen LogP contribution in [0.2, 0.25) is 0 Å². The molecule has 1 aliphatic carbocycles.